The third kappa shape index (κ3) is 2.76. The lowest BCUT2D eigenvalue weighted by Crippen LogP contribution is -2.04. The monoisotopic (exact) mass is 234 g/mol. The lowest BCUT2D eigenvalue weighted by atomic mass is 10.3. The van der Waals surface area contributed by atoms with Crippen molar-refractivity contribution in [2.45, 2.75) is 13.5 Å². The smallest absolute Gasteiger partial charge is 0.184 e. The van der Waals surface area contributed by atoms with Gasteiger partial charge in [0.15, 0.2) is 5.82 Å². The number of H-pyrrole nitrogens is 1. The number of anilines is 1. The summed E-state index contributed by atoms with van der Waals surface area (Å²) in [6, 6.07) is 1.86. The summed E-state index contributed by atoms with van der Waals surface area (Å²) in [5.74, 6) is 1.29. The van der Waals surface area contributed by atoms with Crippen molar-refractivity contribution in [3.63, 3.8) is 0 Å². The first-order valence-corrected chi connectivity index (χ1v) is 5.30. The zero-order valence-corrected chi connectivity index (χ0v) is 9.77. The average molecular weight is 234 g/mol. The summed E-state index contributed by atoms with van der Waals surface area (Å²) in [4.78, 5) is 8.70. The second-order valence-corrected chi connectivity index (χ2v) is 3.39. The number of nitrogens with zero attached hydrogens (tertiary/aromatic N) is 4. The van der Waals surface area contributed by atoms with E-state index in [2.05, 4.69) is 30.7 Å². The molecule has 7 nitrogen and oxygen atoms in total. The number of rotatable bonds is 5. The van der Waals surface area contributed by atoms with Crippen LogP contribution in [0.3, 0.4) is 0 Å². The maximum absolute atomic E-state index is 5.07. The highest BCUT2D eigenvalue weighted by Crippen LogP contribution is 2.15. The fraction of sp³-hybridized carbons (Fsp3) is 0.400. The van der Waals surface area contributed by atoms with Gasteiger partial charge >= 0.3 is 0 Å². The molecule has 0 bridgehead atoms. The average Bonchev–Trinajstić information content (AvgIpc) is 2.83. The van der Waals surface area contributed by atoms with E-state index in [1.807, 2.05) is 13.0 Å². The van der Waals surface area contributed by atoms with Crippen LogP contribution in [0.4, 0.5) is 5.82 Å². The summed E-state index contributed by atoms with van der Waals surface area (Å²) in [7, 11) is 1.63. The van der Waals surface area contributed by atoms with Crippen LogP contribution in [0.15, 0.2) is 12.3 Å². The second kappa shape index (κ2) is 5.35. The van der Waals surface area contributed by atoms with E-state index in [4.69, 9.17) is 4.74 Å². The second-order valence-electron chi connectivity index (χ2n) is 3.39. The summed E-state index contributed by atoms with van der Waals surface area (Å²) in [5, 5.41) is 13.4. The number of aromatic amines is 1. The molecule has 0 aromatic carbocycles. The largest absolute Gasteiger partial charge is 0.378 e. The van der Waals surface area contributed by atoms with Crippen LogP contribution in [0, 0.1) is 0 Å². The fourth-order valence-corrected chi connectivity index (χ4v) is 1.41. The zero-order valence-electron chi connectivity index (χ0n) is 9.77. The number of ether oxygens (including phenoxy) is 1. The van der Waals surface area contributed by atoms with E-state index in [0.29, 0.717) is 18.1 Å². The van der Waals surface area contributed by atoms with Crippen molar-refractivity contribution >= 4 is 5.82 Å². The molecule has 90 valence electrons. The molecule has 0 amide bonds. The van der Waals surface area contributed by atoms with Crippen LogP contribution < -0.4 is 5.32 Å². The normalized spacial score (nSPS) is 10.5. The SMILES string of the molecule is CCNc1cc(COC)nc(-c2cn[nH]n2)n1. The molecule has 2 aromatic rings. The van der Waals surface area contributed by atoms with Crippen LogP contribution in [0.25, 0.3) is 11.5 Å². The first kappa shape index (κ1) is 11.5. The lowest BCUT2D eigenvalue weighted by Gasteiger charge is -2.06. The van der Waals surface area contributed by atoms with Crippen molar-refractivity contribution in [3.05, 3.63) is 18.0 Å². The Bertz CT molecular complexity index is 445. The van der Waals surface area contributed by atoms with Crippen molar-refractivity contribution in [2.75, 3.05) is 19.0 Å². The Morgan fingerprint density at radius 3 is 2.94 bits per heavy atom. The number of aromatic nitrogens is 5. The molecule has 2 rings (SSSR count). The highest BCUT2D eigenvalue weighted by atomic mass is 16.5. The van der Waals surface area contributed by atoms with Gasteiger partial charge < -0.3 is 10.1 Å². The number of hydrogen-bond donors (Lipinski definition) is 2. The molecule has 17 heavy (non-hydrogen) atoms. The first-order valence-electron chi connectivity index (χ1n) is 5.30. The molecule has 0 aliphatic carbocycles. The van der Waals surface area contributed by atoms with Gasteiger partial charge in [0.25, 0.3) is 0 Å². The predicted octanol–water partition coefficient (Wildman–Crippen LogP) is 0.840. The van der Waals surface area contributed by atoms with Crippen LogP contribution in [0.1, 0.15) is 12.6 Å². The maximum atomic E-state index is 5.07. The van der Waals surface area contributed by atoms with Crippen LogP contribution in [0.5, 0.6) is 0 Å². The molecule has 0 atom stereocenters. The van der Waals surface area contributed by atoms with Crippen molar-refractivity contribution in [3.8, 4) is 11.5 Å². The van der Waals surface area contributed by atoms with Gasteiger partial charge in [0, 0.05) is 19.7 Å². The molecule has 0 saturated carbocycles. The van der Waals surface area contributed by atoms with Gasteiger partial charge in [-0.3, -0.25) is 0 Å². The molecule has 0 unspecified atom stereocenters. The molecule has 0 radical (unpaired) electrons. The van der Waals surface area contributed by atoms with E-state index in [9.17, 15) is 0 Å². The molecule has 7 heteroatoms. The Morgan fingerprint density at radius 2 is 2.29 bits per heavy atom. The first-order chi connectivity index (χ1) is 8.33. The summed E-state index contributed by atoms with van der Waals surface area (Å²) in [6.45, 7) is 3.24. The Hall–Kier alpha value is -2.02. The molecule has 0 saturated heterocycles. The van der Waals surface area contributed by atoms with E-state index < -0.39 is 0 Å². The quantitative estimate of drug-likeness (QED) is 0.797. The molecular weight excluding hydrogens is 220 g/mol. The topological polar surface area (TPSA) is 88.6 Å². The van der Waals surface area contributed by atoms with Crippen molar-refractivity contribution in [2.24, 2.45) is 0 Å². The van der Waals surface area contributed by atoms with Gasteiger partial charge in [-0.05, 0) is 6.92 Å². The number of methoxy groups -OCH3 is 1. The van der Waals surface area contributed by atoms with Crippen LogP contribution >= 0.6 is 0 Å². The number of nitrogens with one attached hydrogen (secondary N) is 2. The summed E-state index contributed by atoms with van der Waals surface area (Å²) in [6.07, 6.45) is 1.58. The van der Waals surface area contributed by atoms with Crippen LogP contribution in [-0.4, -0.2) is 39.0 Å². The molecule has 0 aliphatic rings. The highest BCUT2D eigenvalue weighted by molar-refractivity contribution is 5.51. The van der Waals surface area contributed by atoms with E-state index in [1.54, 1.807) is 13.3 Å². The third-order valence-electron chi connectivity index (χ3n) is 2.07. The van der Waals surface area contributed by atoms with E-state index >= 15 is 0 Å². The van der Waals surface area contributed by atoms with Gasteiger partial charge in [-0.1, -0.05) is 0 Å². The molecule has 0 fully saturated rings. The zero-order chi connectivity index (χ0) is 12.1. The highest BCUT2D eigenvalue weighted by Gasteiger charge is 2.08. The Kier molecular flexibility index (Phi) is 3.61. The number of hydrogen-bond acceptors (Lipinski definition) is 6. The minimum Gasteiger partial charge on any atom is -0.378 e. The van der Waals surface area contributed by atoms with E-state index in [0.717, 1.165) is 18.1 Å². The van der Waals surface area contributed by atoms with Crippen LogP contribution in [-0.2, 0) is 11.3 Å². The molecule has 2 N–H and O–H groups in total. The molecular formula is C10H14N6O. The standard InChI is InChI=1S/C10H14N6O/c1-3-11-9-4-7(6-17-2)13-10(14-9)8-5-12-16-15-8/h4-5H,3,6H2,1-2H3,(H,11,13,14)(H,12,15,16). The van der Waals surface area contributed by atoms with E-state index in [1.165, 1.54) is 0 Å². The molecule has 2 heterocycles. The predicted molar refractivity (Wildman–Crippen MR) is 62.3 cm³/mol. The maximum Gasteiger partial charge on any atom is 0.184 e. The summed E-state index contributed by atoms with van der Waals surface area (Å²) in [5.41, 5.74) is 1.42. The van der Waals surface area contributed by atoms with E-state index in [-0.39, 0.29) is 0 Å². The van der Waals surface area contributed by atoms with Gasteiger partial charge in [0.2, 0.25) is 0 Å². The molecule has 2 aromatic heterocycles. The summed E-state index contributed by atoms with van der Waals surface area (Å²) >= 11 is 0. The van der Waals surface area contributed by atoms with Crippen LogP contribution in [0.2, 0.25) is 0 Å². The fourth-order valence-electron chi connectivity index (χ4n) is 1.41. The summed E-state index contributed by atoms with van der Waals surface area (Å²) < 4.78 is 5.07. The van der Waals surface area contributed by atoms with Gasteiger partial charge in [-0.15, -0.1) is 0 Å². The molecule has 0 aliphatic heterocycles. The minimum atomic E-state index is 0.436. The Morgan fingerprint density at radius 1 is 1.41 bits per heavy atom. The van der Waals surface area contributed by atoms with Gasteiger partial charge in [0.05, 0.1) is 18.5 Å². The molecule has 0 spiro atoms. The lowest BCUT2D eigenvalue weighted by molar-refractivity contribution is 0.181. The Labute approximate surface area is 98.6 Å². The van der Waals surface area contributed by atoms with Gasteiger partial charge in [-0.25, -0.2) is 9.97 Å². The van der Waals surface area contributed by atoms with Crippen molar-refractivity contribution in [1.82, 2.24) is 25.4 Å². The third-order valence-corrected chi connectivity index (χ3v) is 2.07. The van der Waals surface area contributed by atoms with Gasteiger partial charge in [0.1, 0.15) is 11.5 Å². The van der Waals surface area contributed by atoms with Crippen molar-refractivity contribution in [1.29, 1.82) is 0 Å². The Balaban J connectivity index is 2.37. The van der Waals surface area contributed by atoms with Gasteiger partial charge in [-0.2, -0.15) is 15.4 Å². The van der Waals surface area contributed by atoms with Crippen molar-refractivity contribution < 1.29 is 4.74 Å². The minimum absolute atomic E-state index is 0.436.